The largest absolute Gasteiger partial charge is 0.464 e. The van der Waals surface area contributed by atoms with Crippen LogP contribution in [0, 0.1) is 5.82 Å². The standard InChI is InChI=1S/C14H7FN2O2S/c15-9-5-12-13(16-7-9)17-14(20-12)19-10-2-1-8-3-4-18-11(8)6-10/h1-7H. The predicted octanol–water partition coefficient (Wildman–Crippen LogP) is 4.37. The molecule has 20 heavy (non-hydrogen) atoms. The van der Waals surface area contributed by atoms with Gasteiger partial charge in [0.05, 0.1) is 17.2 Å². The first kappa shape index (κ1) is 11.4. The maximum absolute atomic E-state index is 13.1. The van der Waals surface area contributed by atoms with Crippen molar-refractivity contribution in [2.24, 2.45) is 0 Å². The smallest absolute Gasteiger partial charge is 0.281 e. The monoisotopic (exact) mass is 286 g/mol. The summed E-state index contributed by atoms with van der Waals surface area (Å²) in [4.78, 5) is 8.12. The molecular formula is C14H7FN2O2S. The van der Waals surface area contributed by atoms with Crippen LogP contribution in [0.25, 0.3) is 21.3 Å². The molecule has 0 amide bonds. The van der Waals surface area contributed by atoms with Crippen molar-refractivity contribution in [1.82, 2.24) is 9.97 Å². The van der Waals surface area contributed by atoms with Gasteiger partial charge in [-0.05, 0) is 24.3 Å². The lowest BCUT2D eigenvalue weighted by Crippen LogP contribution is -1.83. The van der Waals surface area contributed by atoms with E-state index in [4.69, 9.17) is 9.15 Å². The fourth-order valence-corrected chi connectivity index (χ4v) is 2.74. The van der Waals surface area contributed by atoms with Gasteiger partial charge in [-0.15, -0.1) is 0 Å². The van der Waals surface area contributed by atoms with E-state index in [-0.39, 0.29) is 5.82 Å². The second kappa shape index (κ2) is 4.28. The first-order valence-electron chi connectivity index (χ1n) is 5.85. The Labute approximate surface area is 116 Å². The van der Waals surface area contributed by atoms with Crippen LogP contribution in [0.2, 0.25) is 0 Å². The summed E-state index contributed by atoms with van der Waals surface area (Å²) in [5, 5.41) is 1.43. The summed E-state index contributed by atoms with van der Waals surface area (Å²) in [6.45, 7) is 0. The van der Waals surface area contributed by atoms with Gasteiger partial charge in [-0.1, -0.05) is 11.3 Å². The van der Waals surface area contributed by atoms with Gasteiger partial charge in [-0.25, -0.2) is 9.37 Å². The van der Waals surface area contributed by atoms with Crippen molar-refractivity contribution in [1.29, 1.82) is 0 Å². The first-order chi connectivity index (χ1) is 9.78. The van der Waals surface area contributed by atoms with E-state index in [1.165, 1.54) is 17.4 Å². The van der Waals surface area contributed by atoms with E-state index in [9.17, 15) is 4.39 Å². The van der Waals surface area contributed by atoms with Crippen LogP contribution in [0.4, 0.5) is 4.39 Å². The van der Waals surface area contributed by atoms with E-state index in [0.29, 0.717) is 21.3 Å². The molecule has 6 heteroatoms. The third-order valence-corrected chi connectivity index (χ3v) is 3.70. The Bertz CT molecular complexity index is 916. The summed E-state index contributed by atoms with van der Waals surface area (Å²) in [7, 11) is 0. The zero-order valence-corrected chi connectivity index (χ0v) is 10.9. The minimum atomic E-state index is -0.385. The molecule has 0 radical (unpaired) electrons. The zero-order chi connectivity index (χ0) is 13.5. The lowest BCUT2D eigenvalue weighted by atomic mass is 10.2. The SMILES string of the molecule is Fc1cnc2nc(Oc3ccc4ccoc4c3)sc2c1. The third kappa shape index (κ3) is 1.90. The maximum Gasteiger partial charge on any atom is 0.281 e. The molecule has 98 valence electrons. The highest BCUT2D eigenvalue weighted by atomic mass is 32.1. The number of pyridine rings is 1. The number of hydrogen-bond donors (Lipinski definition) is 0. The number of fused-ring (bicyclic) bond motifs is 2. The molecule has 1 aromatic carbocycles. The fourth-order valence-electron chi connectivity index (χ4n) is 1.92. The Morgan fingerprint density at radius 3 is 3.10 bits per heavy atom. The molecule has 0 spiro atoms. The molecule has 4 aromatic rings. The Morgan fingerprint density at radius 2 is 2.15 bits per heavy atom. The Hall–Kier alpha value is -2.47. The minimum Gasteiger partial charge on any atom is -0.464 e. The molecule has 0 fully saturated rings. The highest BCUT2D eigenvalue weighted by molar-refractivity contribution is 7.20. The Balaban J connectivity index is 1.72. The van der Waals surface area contributed by atoms with Gasteiger partial charge in [0, 0.05) is 11.5 Å². The summed E-state index contributed by atoms with van der Waals surface area (Å²) >= 11 is 1.25. The van der Waals surface area contributed by atoms with E-state index >= 15 is 0 Å². The summed E-state index contributed by atoms with van der Waals surface area (Å²) in [6.07, 6.45) is 2.76. The van der Waals surface area contributed by atoms with E-state index in [1.54, 1.807) is 12.3 Å². The summed E-state index contributed by atoms with van der Waals surface area (Å²) in [5.74, 6) is 0.233. The second-order valence-electron chi connectivity index (χ2n) is 4.18. The van der Waals surface area contributed by atoms with Crippen molar-refractivity contribution in [3.8, 4) is 10.9 Å². The van der Waals surface area contributed by atoms with Gasteiger partial charge in [-0.2, -0.15) is 4.98 Å². The summed E-state index contributed by atoms with van der Waals surface area (Å²) in [6, 6.07) is 8.79. The maximum atomic E-state index is 13.1. The molecular weight excluding hydrogens is 279 g/mol. The Morgan fingerprint density at radius 1 is 1.20 bits per heavy atom. The van der Waals surface area contributed by atoms with Crippen LogP contribution in [0.5, 0.6) is 10.9 Å². The number of furan rings is 1. The molecule has 0 saturated heterocycles. The molecule has 4 nitrogen and oxygen atoms in total. The Kier molecular flexibility index (Phi) is 2.43. The van der Waals surface area contributed by atoms with Gasteiger partial charge in [0.25, 0.3) is 5.19 Å². The molecule has 0 saturated carbocycles. The number of nitrogens with zero attached hydrogens (tertiary/aromatic N) is 2. The zero-order valence-electron chi connectivity index (χ0n) is 10.0. The van der Waals surface area contributed by atoms with Gasteiger partial charge in [-0.3, -0.25) is 0 Å². The molecule has 4 rings (SSSR count). The number of rotatable bonds is 2. The molecule has 0 N–H and O–H groups in total. The molecule has 3 aromatic heterocycles. The van der Waals surface area contributed by atoms with E-state index in [2.05, 4.69) is 9.97 Å². The first-order valence-corrected chi connectivity index (χ1v) is 6.67. The highest BCUT2D eigenvalue weighted by Gasteiger charge is 2.09. The molecule has 0 unspecified atom stereocenters. The van der Waals surface area contributed by atoms with Crippen molar-refractivity contribution in [3.05, 3.63) is 48.6 Å². The summed E-state index contributed by atoms with van der Waals surface area (Å²) < 4.78 is 24.7. The molecule has 0 atom stereocenters. The van der Waals surface area contributed by atoms with Gasteiger partial charge in [0.2, 0.25) is 0 Å². The number of ether oxygens (including phenoxy) is 1. The molecule has 0 aliphatic heterocycles. The quantitative estimate of drug-likeness (QED) is 0.549. The van der Waals surface area contributed by atoms with Gasteiger partial charge in [0.15, 0.2) is 5.65 Å². The fraction of sp³-hybridized carbons (Fsp3) is 0. The van der Waals surface area contributed by atoms with E-state index in [0.717, 1.165) is 17.2 Å². The van der Waals surface area contributed by atoms with Crippen molar-refractivity contribution in [3.63, 3.8) is 0 Å². The van der Waals surface area contributed by atoms with Crippen LogP contribution >= 0.6 is 11.3 Å². The van der Waals surface area contributed by atoms with Crippen LogP contribution in [0.15, 0.2) is 47.2 Å². The van der Waals surface area contributed by atoms with Crippen molar-refractivity contribution < 1.29 is 13.5 Å². The molecule has 0 bridgehead atoms. The average Bonchev–Trinajstić information content (AvgIpc) is 3.03. The van der Waals surface area contributed by atoms with Crippen LogP contribution in [0.1, 0.15) is 0 Å². The van der Waals surface area contributed by atoms with Crippen molar-refractivity contribution >= 4 is 32.7 Å². The lowest BCUT2D eigenvalue weighted by molar-refractivity contribution is 0.479. The number of thiazole rings is 1. The lowest BCUT2D eigenvalue weighted by Gasteiger charge is -2.00. The van der Waals surface area contributed by atoms with Gasteiger partial charge in [0.1, 0.15) is 17.1 Å². The average molecular weight is 286 g/mol. The van der Waals surface area contributed by atoms with Crippen LogP contribution in [0.3, 0.4) is 0 Å². The number of halogens is 1. The highest BCUT2D eigenvalue weighted by Crippen LogP contribution is 2.32. The van der Waals surface area contributed by atoms with Gasteiger partial charge < -0.3 is 9.15 Å². The molecule has 0 aliphatic carbocycles. The predicted molar refractivity (Wildman–Crippen MR) is 73.7 cm³/mol. The number of hydrogen-bond acceptors (Lipinski definition) is 5. The molecule has 3 heterocycles. The van der Waals surface area contributed by atoms with Crippen LogP contribution in [-0.4, -0.2) is 9.97 Å². The second-order valence-corrected chi connectivity index (χ2v) is 5.17. The summed E-state index contributed by atoms with van der Waals surface area (Å²) in [5.41, 5.74) is 1.22. The third-order valence-electron chi connectivity index (χ3n) is 2.83. The van der Waals surface area contributed by atoms with Gasteiger partial charge >= 0.3 is 0 Å². The van der Waals surface area contributed by atoms with E-state index in [1.807, 2.05) is 18.2 Å². The van der Waals surface area contributed by atoms with E-state index < -0.39 is 0 Å². The van der Waals surface area contributed by atoms with Crippen LogP contribution in [-0.2, 0) is 0 Å². The molecule has 0 aliphatic rings. The van der Waals surface area contributed by atoms with Crippen molar-refractivity contribution in [2.45, 2.75) is 0 Å². The van der Waals surface area contributed by atoms with Crippen molar-refractivity contribution in [2.75, 3.05) is 0 Å². The normalized spacial score (nSPS) is 11.2. The van der Waals surface area contributed by atoms with Crippen LogP contribution < -0.4 is 4.74 Å². The minimum absolute atomic E-state index is 0.385. The topological polar surface area (TPSA) is 48.2 Å². The number of aromatic nitrogens is 2. The number of benzene rings is 1.